The standard InChI is InChI=1S/C16H26N4O3/c1-11(21)17-10-12(22)19-16(8-6-5-7-9-16)14-18-13(20-23-14)15(2,3)4/h5-10H2,1-4H3,(H,17,21)(H,19,22). The van der Waals surface area contributed by atoms with Crippen molar-refractivity contribution in [1.82, 2.24) is 20.8 Å². The monoisotopic (exact) mass is 322 g/mol. The minimum atomic E-state index is -0.621. The van der Waals surface area contributed by atoms with Crippen LogP contribution in [0.4, 0.5) is 0 Å². The molecule has 2 amide bonds. The van der Waals surface area contributed by atoms with Crippen molar-refractivity contribution in [3.05, 3.63) is 11.7 Å². The molecule has 1 saturated carbocycles. The fourth-order valence-electron chi connectivity index (χ4n) is 2.79. The molecule has 23 heavy (non-hydrogen) atoms. The zero-order chi connectivity index (χ0) is 17.1. The third-order valence-electron chi connectivity index (χ3n) is 4.09. The van der Waals surface area contributed by atoms with Crippen LogP contribution in [0.5, 0.6) is 0 Å². The van der Waals surface area contributed by atoms with Crippen molar-refractivity contribution in [1.29, 1.82) is 0 Å². The molecule has 128 valence electrons. The molecule has 0 aliphatic heterocycles. The van der Waals surface area contributed by atoms with Gasteiger partial charge in [-0.3, -0.25) is 9.59 Å². The molecule has 1 aromatic heterocycles. The van der Waals surface area contributed by atoms with Crippen molar-refractivity contribution in [2.75, 3.05) is 6.54 Å². The SMILES string of the molecule is CC(=O)NCC(=O)NC1(c2nc(C(C)(C)C)no2)CCCCC1. The van der Waals surface area contributed by atoms with Crippen molar-refractivity contribution in [3.8, 4) is 0 Å². The summed E-state index contributed by atoms with van der Waals surface area (Å²) in [7, 11) is 0. The summed E-state index contributed by atoms with van der Waals surface area (Å²) >= 11 is 0. The van der Waals surface area contributed by atoms with E-state index in [2.05, 4.69) is 20.8 Å². The number of nitrogens with one attached hydrogen (secondary N) is 2. The smallest absolute Gasteiger partial charge is 0.252 e. The maximum Gasteiger partial charge on any atom is 0.252 e. The Hall–Kier alpha value is -1.92. The highest BCUT2D eigenvalue weighted by molar-refractivity contribution is 5.84. The Morgan fingerprint density at radius 1 is 1.22 bits per heavy atom. The number of hydrogen-bond acceptors (Lipinski definition) is 5. The number of carbonyl (C=O) groups excluding carboxylic acids is 2. The van der Waals surface area contributed by atoms with Crippen LogP contribution in [0.1, 0.15) is 71.5 Å². The van der Waals surface area contributed by atoms with E-state index in [-0.39, 0.29) is 23.8 Å². The van der Waals surface area contributed by atoms with Crippen LogP contribution in [0.25, 0.3) is 0 Å². The molecule has 7 nitrogen and oxygen atoms in total. The predicted octanol–water partition coefficient (Wildman–Crippen LogP) is 1.78. The maximum atomic E-state index is 12.2. The van der Waals surface area contributed by atoms with E-state index < -0.39 is 5.54 Å². The van der Waals surface area contributed by atoms with Crippen LogP contribution in [-0.2, 0) is 20.5 Å². The summed E-state index contributed by atoms with van der Waals surface area (Å²) in [6, 6.07) is 0. The molecule has 2 N–H and O–H groups in total. The number of carbonyl (C=O) groups is 2. The van der Waals surface area contributed by atoms with Crippen LogP contribution >= 0.6 is 0 Å². The van der Waals surface area contributed by atoms with Crippen LogP contribution in [0.3, 0.4) is 0 Å². The van der Waals surface area contributed by atoms with E-state index in [1.54, 1.807) is 0 Å². The third-order valence-corrected chi connectivity index (χ3v) is 4.09. The van der Waals surface area contributed by atoms with Gasteiger partial charge in [-0.1, -0.05) is 45.2 Å². The molecule has 1 aliphatic carbocycles. The number of nitrogens with zero attached hydrogens (tertiary/aromatic N) is 2. The van der Waals surface area contributed by atoms with Gasteiger partial charge in [0.1, 0.15) is 5.54 Å². The van der Waals surface area contributed by atoms with Crippen molar-refractivity contribution in [2.45, 2.75) is 70.8 Å². The lowest BCUT2D eigenvalue weighted by atomic mass is 9.81. The first-order valence-corrected chi connectivity index (χ1v) is 8.13. The molecule has 1 aliphatic rings. The lowest BCUT2D eigenvalue weighted by Gasteiger charge is -2.34. The molecular formula is C16H26N4O3. The molecule has 0 saturated heterocycles. The molecule has 0 atom stereocenters. The zero-order valence-corrected chi connectivity index (χ0v) is 14.4. The van der Waals surface area contributed by atoms with Crippen LogP contribution in [0.2, 0.25) is 0 Å². The van der Waals surface area contributed by atoms with Gasteiger partial charge in [-0.25, -0.2) is 0 Å². The Kier molecular flexibility index (Phi) is 5.06. The highest BCUT2D eigenvalue weighted by Gasteiger charge is 2.41. The summed E-state index contributed by atoms with van der Waals surface area (Å²) in [6.07, 6.45) is 4.65. The molecule has 0 aromatic carbocycles. The molecule has 7 heteroatoms. The number of aromatic nitrogens is 2. The molecule has 0 bridgehead atoms. The highest BCUT2D eigenvalue weighted by Crippen LogP contribution is 2.37. The van der Waals surface area contributed by atoms with Gasteiger partial charge in [-0.15, -0.1) is 0 Å². The van der Waals surface area contributed by atoms with Crippen LogP contribution in [0, 0.1) is 0 Å². The van der Waals surface area contributed by atoms with E-state index in [4.69, 9.17) is 4.52 Å². The first-order valence-electron chi connectivity index (χ1n) is 8.13. The summed E-state index contributed by atoms with van der Waals surface area (Å²) in [5, 5.41) is 9.62. The first-order chi connectivity index (χ1) is 10.7. The summed E-state index contributed by atoms with van der Waals surface area (Å²) < 4.78 is 5.50. The third kappa shape index (κ3) is 4.30. The quantitative estimate of drug-likeness (QED) is 0.880. The fraction of sp³-hybridized carbons (Fsp3) is 0.750. The summed E-state index contributed by atoms with van der Waals surface area (Å²) in [6.45, 7) is 7.40. The van der Waals surface area contributed by atoms with Gasteiger partial charge >= 0.3 is 0 Å². The van der Waals surface area contributed by atoms with Gasteiger partial charge in [0.2, 0.25) is 11.8 Å². The van der Waals surface area contributed by atoms with E-state index in [9.17, 15) is 9.59 Å². The molecule has 0 radical (unpaired) electrons. The number of amides is 2. The Balaban J connectivity index is 2.20. The van der Waals surface area contributed by atoms with Gasteiger partial charge in [0.05, 0.1) is 6.54 Å². The van der Waals surface area contributed by atoms with E-state index in [1.165, 1.54) is 6.92 Å². The lowest BCUT2D eigenvalue weighted by molar-refractivity contribution is -0.126. The van der Waals surface area contributed by atoms with Crippen LogP contribution in [0.15, 0.2) is 4.52 Å². The summed E-state index contributed by atoms with van der Waals surface area (Å²) in [4.78, 5) is 27.7. The largest absolute Gasteiger partial charge is 0.347 e. The predicted molar refractivity (Wildman–Crippen MR) is 84.6 cm³/mol. The average molecular weight is 322 g/mol. The Morgan fingerprint density at radius 3 is 2.39 bits per heavy atom. The molecule has 1 fully saturated rings. The van der Waals surface area contributed by atoms with Crippen molar-refractivity contribution < 1.29 is 14.1 Å². The van der Waals surface area contributed by atoms with Gasteiger partial charge in [0.25, 0.3) is 5.89 Å². The molecule has 0 spiro atoms. The van der Waals surface area contributed by atoms with E-state index in [0.29, 0.717) is 11.7 Å². The normalized spacial score (nSPS) is 17.6. The van der Waals surface area contributed by atoms with Crippen molar-refractivity contribution in [3.63, 3.8) is 0 Å². The molecule has 1 aromatic rings. The molecule has 2 rings (SSSR count). The van der Waals surface area contributed by atoms with E-state index >= 15 is 0 Å². The van der Waals surface area contributed by atoms with E-state index in [0.717, 1.165) is 32.1 Å². The van der Waals surface area contributed by atoms with Gasteiger partial charge in [-0.05, 0) is 12.8 Å². The number of rotatable bonds is 4. The maximum absolute atomic E-state index is 12.2. The van der Waals surface area contributed by atoms with Crippen LogP contribution in [-0.4, -0.2) is 28.5 Å². The molecular weight excluding hydrogens is 296 g/mol. The Labute approximate surface area is 136 Å². The second-order valence-electron chi connectivity index (χ2n) is 7.27. The van der Waals surface area contributed by atoms with Gasteiger partial charge < -0.3 is 15.2 Å². The number of hydrogen-bond donors (Lipinski definition) is 2. The zero-order valence-electron chi connectivity index (χ0n) is 14.4. The minimum absolute atomic E-state index is 0.0443. The van der Waals surface area contributed by atoms with Crippen molar-refractivity contribution >= 4 is 11.8 Å². The molecule has 0 unspecified atom stereocenters. The average Bonchev–Trinajstić information content (AvgIpc) is 2.96. The second-order valence-corrected chi connectivity index (χ2v) is 7.27. The Morgan fingerprint density at radius 2 is 1.87 bits per heavy atom. The second kappa shape index (κ2) is 6.68. The minimum Gasteiger partial charge on any atom is -0.347 e. The Bertz CT molecular complexity index is 568. The van der Waals surface area contributed by atoms with Gasteiger partial charge in [-0.2, -0.15) is 4.98 Å². The van der Waals surface area contributed by atoms with E-state index in [1.807, 2.05) is 20.8 Å². The van der Waals surface area contributed by atoms with Crippen LogP contribution < -0.4 is 10.6 Å². The lowest BCUT2D eigenvalue weighted by Crippen LogP contribution is -2.50. The van der Waals surface area contributed by atoms with Gasteiger partial charge in [0.15, 0.2) is 5.82 Å². The summed E-state index contributed by atoms with van der Waals surface area (Å²) in [5.41, 5.74) is -0.831. The first kappa shape index (κ1) is 17.4. The molecule has 1 heterocycles. The van der Waals surface area contributed by atoms with Crippen molar-refractivity contribution in [2.24, 2.45) is 0 Å². The highest BCUT2D eigenvalue weighted by atomic mass is 16.5. The van der Waals surface area contributed by atoms with Gasteiger partial charge in [0, 0.05) is 12.3 Å². The topological polar surface area (TPSA) is 97.1 Å². The summed E-state index contributed by atoms with van der Waals surface area (Å²) in [5.74, 6) is 0.634. The fourth-order valence-corrected chi connectivity index (χ4v) is 2.79.